The number of nitrogens with two attached hydrogens (primary N) is 1. The fourth-order valence-corrected chi connectivity index (χ4v) is 5.87. The van der Waals surface area contributed by atoms with Crippen LogP contribution in [0.15, 0.2) is 30.3 Å². The molecule has 1 heterocycles. The van der Waals surface area contributed by atoms with Crippen molar-refractivity contribution in [1.82, 2.24) is 14.7 Å². The molecule has 4 rings (SSSR count). The highest BCUT2D eigenvalue weighted by Crippen LogP contribution is 2.50. The van der Waals surface area contributed by atoms with Crippen LogP contribution in [0.25, 0.3) is 0 Å². The number of rotatable bonds is 7. The first-order valence-electron chi connectivity index (χ1n) is 11.5. The van der Waals surface area contributed by atoms with Gasteiger partial charge in [0.25, 0.3) is 0 Å². The van der Waals surface area contributed by atoms with Gasteiger partial charge in [0.15, 0.2) is 0 Å². The topological polar surface area (TPSA) is 90.1 Å². The molecule has 0 unspecified atom stereocenters. The number of amides is 3. The summed E-state index contributed by atoms with van der Waals surface area (Å²) >= 11 is 0. The Morgan fingerprint density at radius 1 is 1.10 bits per heavy atom. The van der Waals surface area contributed by atoms with Gasteiger partial charge in [-0.1, -0.05) is 30.3 Å². The molecule has 0 atom stereocenters. The Hall–Kier alpha value is -2.12. The van der Waals surface area contributed by atoms with Crippen molar-refractivity contribution in [3.63, 3.8) is 0 Å². The first-order valence-corrected chi connectivity index (χ1v) is 11.5. The monoisotopic (exact) mass is 428 g/mol. The minimum absolute atomic E-state index is 0.0568. The van der Waals surface area contributed by atoms with Gasteiger partial charge in [-0.15, -0.1) is 0 Å². The van der Waals surface area contributed by atoms with Gasteiger partial charge in [-0.05, 0) is 64.6 Å². The second kappa shape index (κ2) is 8.10. The van der Waals surface area contributed by atoms with Gasteiger partial charge >= 0.3 is 6.03 Å². The smallest absolute Gasteiger partial charge is 0.320 e. The van der Waals surface area contributed by atoms with Gasteiger partial charge in [-0.2, -0.15) is 0 Å². The zero-order valence-corrected chi connectivity index (χ0v) is 18.8. The molecule has 1 saturated heterocycles. The maximum atomic E-state index is 13.4. The molecular weight excluding hydrogens is 392 g/mol. The summed E-state index contributed by atoms with van der Waals surface area (Å²) in [5, 5.41) is 10.9. The number of hydrogen-bond acceptors (Lipinski definition) is 4. The van der Waals surface area contributed by atoms with Gasteiger partial charge in [0, 0.05) is 25.0 Å². The highest BCUT2D eigenvalue weighted by Gasteiger charge is 2.56. The number of urea groups is 1. The summed E-state index contributed by atoms with van der Waals surface area (Å²) in [6.45, 7) is 1.34. The van der Waals surface area contributed by atoms with E-state index in [1.165, 1.54) is 5.56 Å². The van der Waals surface area contributed by atoms with E-state index < -0.39 is 11.5 Å². The lowest BCUT2D eigenvalue weighted by Crippen LogP contribution is -2.59. The van der Waals surface area contributed by atoms with Crippen LogP contribution >= 0.6 is 0 Å². The molecule has 0 radical (unpaired) electrons. The molecule has 170 valence electrons. The largest absolute Gasteiger partial charge is 0.388 e. The third kappa shape index (κ3) is 3.94. The number of benzene rings is 1. The van der Waals surface area contributed by atoms with Crippen LogP contribution in [-0.4, -0.2) is 76.6 Å². The number of nitrogens with zero attached hydrogens (tertiary/aromatic N) is 3. The third-order valence-corrected chi connectivity index (χ3v) is 8.10. The Morgan fingerprint density at radius 2 is 1.74 bits per heavy atom. The second-order valence-corrected chi connectivity index (χ2v) is 10.1. The predicted molar refractivity (Wildman–Crippen MR) is 119 cm³/mol. The lowest BCUT2D eigenvalue weighted by Gasteiger charge is -2.52. The molecule has 0 aromatic heterocycles. The molecular formula is C24H36N4O3. The van der Waals surface area contributed by atoms with Crippen LogP contribution in [0.1, 0.15) is 56.9 Å². The number of aliphatic hydroxyl groups is 1. The molecule has 2 saturated carbocycles. The van der Waals surface area contributed by atoms with Crippen molar-refractivity contribution in [2.75, 3.05) is 33.7 Å². The molecule has 3 aliphatic rings. The van der Waals surface area contributed by atoms with E-state index >= 15 is 0 Å². The molecule has 7 heteroatoms. The SMILES string of the molecule is CN(C)[C@]1(c2ccccc2)CC[C@]2(CC1)CN(CCC(N)=O)C(=O)N2CC1(O)CCC1. The third-order valence-electron chi connectivity index (χ3n) is 8.10. The summed E-state index contributed by atoms with van der Waals surface area (Å²) in [5.74, 6) is -0.391. The van der Waals surface area contributed by atoms with E-state index in [1.807, 2.05) is 11.0 Å². The number of carbonyl (C=O) groups is 2. The van der Waals surface area contributed by atoms with Crippen molar-refractivity contribution in [3.05, 3.63) is 35.9 Å². The molecule has 0 bridgehead atoms. The van der Waals surface area contributed by atoms with E-state index in [-0.39, 0.29) is 23.5 Å². The first-order chi connectivity index (χ1) is 14.7. The Balaban J connectivity index is 1.59. The normalized spacial score (nSPS) is 30.1. The minimum atomic E-state index is -0.766. The van der Waals surface area contributed by atoms with E-state index in [0.29, 0.717) is 19.6 Å². The molecule has 3 amide bonds. The van der Waals surface area contributed by atoms with Gasteiger partial charge in [-0.3, -0.25) is 9.69 Å². The molecule has 3 N–H and O–H groups in total. The maximum absolute atomic E-state index is 13.4. The summed E-state index contributed by atoms with van der Waals surface area (Å²) in [6, 6.07) is 10.6. The van der Waals surface area contributed by atoms with Gasteiger partial charge in [0.1, 0.15) is 0 Å². The summed E-state index contributed by atoms with van der Waals surface area (Å²) < 4.78 is 0. The Morgan fingerprint density at radius 3 is 2.26 bits per heavy atom. The van der Waals surface area contributed by atoms with Crippen LogP contribution in [0.3, 0.4) is 0 Å². The molecule has 2 aliphatic carbocycles. The molecule has 1 aromatic rings. The van der Waals surface area contributed by atoms with E-state index in [4.69, 9.17) is 5.73 Å². The predicted octanol–water partition coefficient (Wildman–Crippen LogP) is 2.28. The lowest BCUT2D eigenvalue weighted by molar-refractivity contribution is -0.118. The molecule has 1 aromatic carbocycles. The summed E-state index contributed by atoms with van der Waals surface area (Å²) in [4.78, 5) is 30.7. The first kappa shape index (κ1) is 22.1. The standard InChI is InChI=1S/C24H36N4O3/c1-26(2)24(19-7-4-3-5-8-19)14-12-22(13-15-24)17-27(16-9-20(25)29)21(30)28(22)18-23(31)10-6-11-23/h3-5,7-8,31H,6,9-18H2,1-2H3,(H2,25,29)/t22-,24+. The number of primary amides is 1. The lowest BCUT2D eigenvalue weighted by atomic mass is 9.67. The Labute approximate surface area is 185 Å². The van der Waals surface area contributed by atoms with Crippen molar-refractivity contribution in [3.8, 4) is 0 Å². The van der Waals surface area contributed by atoms with Gasteiger partial charge in [0.2, 0.25) is 5.91 Å². The van der Waals surface area contributed by atoms with E-state index in [0.717, 1.165) is 44.9 Å². The zero-order valence-electron chi connectivity index (χ0n) is 18.8. The Kier molecular flexibility index (Phi) is 5.77. The van der Waals surface area contributed by atoms with Crippen molar-refractivity contribution < 1.29 is 14.7 Å². The zero-order chi connectivity index (χ0) is 22.3. The highest BCUT2D eigenvalue weighted by molar-refractivity contribution is 5.80. The van der Waals surface area contributed by atoms with E-state index in [2.05, 4.69) is 43.3 Å². The number of carbonyl (C=O) groups excluding carboxylic acids is 2. The van der Waals surface area contributed by atoms with Crippen molar-refractivity contribution in [1.29, 1.82) is 0 Å². The van der Waals surface area contributed by atoms with Gasteiger partial charge in [-0.25, -0.2) is 4.79 Å². The molecule has 3 fully saturated rings. The number of hydrogen-bond donors (Lipinski definition) is 2. The Bertz CT molecular complexity index is 813. The fraction of sp³-hybridized carbons (Fsp3) is 0.667. The van der Waals surface area contributed by atoms with Crippen LogP contribution in [0.5, 0.6) is 0 Å². The summed E-state index contributed by atoms with van der Waals surface area (Å²) in [7, 11) is 4.28. The van der Waals surface area contributed by atoms with E-state index in [9.17, 15) is 14.7 Å². The average Bonchev–Trinajstić information content (AvgIpc) is 2.98. The summed E-state index contributed by atoms with van der Waals surface area (Å²) in [5.41, 5.74) is 5.54. The van der Waals surface area contributed by atoms with Crippen molar-refractivity contribution in [2.24, 2.45) is 5.73 Å². The van der Waals surface area contributed by atoms with Crippen LogP contribution in [0.2, 0.25) is 0 Å². The van der Waals surface area contributed by atoms with Crippen LogP contribution < -0.4 is 5.73 Å². The van der Waals surface area contributed by atoms with Crippen LogP contribution in [-0.2, 0) is 10.3 Å². The van der Waals surface area contributed by atoms with Crippen LogP contribution in [0.4, 0.5) is 4.79 Å². The molecule has 1 spiro atoms. The molecule has 31 heavy (non-hydrogen) atoms. The number of β-amino-alcohol motifs (C(OH)–C–C–N with tert-alkyl or cyclic N) is 1. The van der Waals surface area contributed by atoms with Gasteiger partial charge < -0.3 is 20.6 Å². The molecule has 7 nitrogen and oxygen atoms in total. The second-order valence-electron chi connectivity index (χ2n) is 10.1. The summed E-state index contributed by atoms with van der Waals surface area (Å²) in [6.07, 6.45) is 6.30. The van der Waals surface area contributed by atoms with Crippen molar-refractivity contribution >= 4 is 11.9 Å². The van der Waals surface area contributed by atoms with Gasteiger partial charge in [0.05, 0.1) is 17.7 Å². The maximum Gasteiger partial charge on any atom is 0.320 e. The fourth-order valence-electron chi connectivity index (χ4n) is 5.87. The van der Waals surface area contributed by atoms with E-state index in [1.54, 1.807) is 4.90 Å². The highest BCUT2D eigenvalue weighted by atomic mass is 16.3. The molecule has 1 aliphatic heterocycles. The average molecular weight is 429 g/mol. The van der Waals surface area contributed by atoms with Crippen molar-refractivity contribution in [2.45, 2.75) is 68.0 Å². The minimum Gasteiger partial charge on any atom is -0.388 e. The van der Waals surface area contributed by atoms with Crippen LogP contribution in [0, 0.1) is 0 Å². The quantitative estimate of drug-likeness (QED) is 0.697.